The normalized spacial score (nSPS) is 15.9. The molecule has 0 radical (unpaired) electrons. The second-order valence-corrected chi connectivity index (χ2v) is 10.9. The third-order valence-corrected chi connectivity index (χ3v) is 7.66. The second-order valence-electron chi connectivity index (χ2n) is 9.22. The molecule has 0 saturated carbocycles. The maximum absolute atomic E-state index is 15.2. The Hall–Kier alpha value is -3.90. The number of pyridine rings is 1. The van der Waals surface area contributed by atoms with E-state index in [0.717, 1.165) is 32.0 Å². The van der Waals surface area contributed by atoms with Crippen LogP contribution < -0.4 is 20.9 Å². The molecule has 3 heterocycles. The van der Waals surface area contributed by atoms with Crippen LogP contribution in [0.1, 0.15) is 18.4 Å². The Labute approximate surface area is 218 Å². The van der Waals surface area contributed by atoms with Crippen LogP contribution in [0.4, 0.5) is 20.4 Å². The Morgan fingerprint density at radius 2 is 1.89 bits per heavy atom. The van der Waals surface area contributed by atoms with Crippen molar-refractivity contribution in [1.29, 1.82) is 0 Å². The molecule has 1 atom stereocenters. The van der Waals surface area contributed by atoms with E-state index in [1.54, 1.807) is 30.3 Å². The number of nitrogens with one attached hydrogen (secondary N) is 3. The van der Waals surface area contributed by atoms with Crippen molar-refractivity contribution in [3.8, 4) is 11.1 Å². The Morgan fingerprint density at radius 3 is 2.63 bits per heavy atom. The fraction of sp³-hybridized carbons (Fsp3) is 0.269. The van der Waals surface area contributed by atoms with Gasteiger partial charge in [0.2, 0.25) is 16.0 Å². The molecule has 12 heteroatoms. The van der Waals surface area contributed by atoms with Crippen LogP contribution in [0.2, 0.25) is 0 Å². The summed E-state index contributed by atoms with van der Waals surface area (Å²) in [6, 6.07) is 12.2. The van der Waals surface area contributed by atoms with Crippen LogP contribution in [0, 0.1) is 11.6 Å². The Bertz CT molecular complexity index is 1660. The lowest BCUT2D eigenvalue weighted by Gasteiger charge is -2.23. The van der Waals surface area contributed by atoms with Gasteiger partial charge in [0.25, 0.3) is 5.56 Å². The van der Waals surface area contributed by atoms with E-state index in [0.29, 0.717) is 22.5 Å². The molecular formula is C26H26F2N6O3S. The zero-order valence-electron chi connectivity index (χ0n) is 20.5. The lowest BCUT2D eigenvalue weighted by atomic mass is 10.0. The molecule has 1 saturated heterocycles. The van der Waals surface area contributed by atoms with Gasteiger partial charge in [-0.1, -0.05) is 30.3 Å². The van der Waals surface area contributed by atoms with Crippen molar-refractivity contribution in [2.75, 3.05) is 23.1 Å². The standard InChI is InChI=1S/C26H26F2N6O3S/c1-34-24-17(13-30-26(32-24)31-18-8-5-11-29-14-18)12-20(25(34)35)19-9-10-21(23(28)22(19)27)33-38(36,37)15-16-6-3-2-4-7-16/h2-4,6-7,9-10,12-13,18,29,33H,5,8,11,14-15H2,1H3,(H,30,31,32). The van der Waals surface area contributed by atoms with Crippen LogP contribution in [0.15, 0.2) is 59.5 Å². The fourth-order valence-electron chi connectivity index (χ4n) is 4.50. The van der Waals surface area contributed by atoms with Crippen LogP contribution in [-0.4, -0.2) is 42.1 Å². The van der Waals surface area contributed by atoms with Crippen LogP contribution >= 0.6 is 0 Å². The zero-order valence-corrected chi connectivity index (χ0v) is 21.4. The Balaban J connectivity index is 1.44. The minimum Gasteiger partial charge on any atom is -0.350 e. The smallest absolute Gasteiger partial charge is 0.259 e. The largest absolute Gasteiger partial charge is 0.350 e. The maximum atomic E-state index is 15.2. The van der Waals surface area contributed by atoms with Crippen molar-refractivity contribution in [3.05, 3.63) is 82.3 Å². The number of rotatable bonds is 7. The number of sulfonamides is 1. The third-order valence-electron chi connectivity index (χ3n) is 6.42. The highest BCUT2D eigenvalue weighted by Crippen LogP contribution is 2.29. The SMILES string of the molecule is Cn1c(=O)c(-c2ccc(NS(=O)(=O)Cc3ccccc3)c(F)c2F)cc2cnc(NC3CCCNC3)nc21. The summed E-state index contributed by atoms with van der Waals surface area (Å²) in [5.74, 6) is -2.78. The number of anilines is 2. The molecule has 198 valence electrons. The summed E-state index contributed by atoms with van der Waals surface area (Å²) >= 11 is 0. The molecule has 2 aromatic heterocycles. The highest BCUT2D eigenvalue weighted by atomic mass is 32.2. The topological polar surface area (TPSA) is 118 Å². The van der Waals surface area contributed by atoms with Crippen LogP contribution in [0.5, 0.6) is 0 Å². The summed E-state index contributed by atoms with van der Waals surface area (Å²) in [6.45, 7) is 1.74. The molecule has 4 aromatic rings. The number of hydrogen-bond acceptors (Lipinski definition) is 7. The van der Waals surface area contributed by atoms with E-state index in [1.807, 2.05) is 0 Å². The molecule has 0 amide bonds. The van der Waals surface area contributed by atoms with Crippen molar-refractivity contribution in [2.45, 2.75) is 24.6 Å². The minimum absolute atomic E-state index is 0.101. The van der Waals surface area contributed by atoms with E-state index in [9.17, 15) is 17.6 Å². The van der Waals surface area contributed by atoms with E-state index >= 15 is 4.39 Å². The number of benzene rings is 2. The third kappa shape index (κ3) is 5.36. The van der Waals surface area contributed by atoms with Gasteiger partial charge < -0.3 is 10.6 Å². The van der Waals surface area contributed by atoms with Gasteiger partial charge in [-0.05, 0) is 43.1 Å². The molecule has 3 N–H and O–H groups in total. The quantitative estimate of drug-likeness (QED) is 0.329. The van der Waals surface area contributed by atoms with Gasteiger partial charge in [-0.25, -0.2) is 22.2 Å². The number of hydrogen-bond donors (Lipinski definition) is 3. The molecule has 5 rings (SSSR count). The monoisotopic (exact) mass is 540 g/mol. The summed E-state index contributed by atoms with van der Waals surface area (Å²) in [7, 11) is -2.52. The molecule has 0 bridgehead atoms. The molecule has 0 aliphatic carbocycles. The van der Waals surface area contributed by atoms with Gasteiger partial charge in [0, 0.05) is 36.8 Å². The molecule has 9 nitrogen and oxygen atoms in total. The first-order chi connectivity index (χ1) is 18.2. The Kier molecular flexibility index (Phi) is 7.09. The van der Waals surface area contributed by atoms with Gasteiger partial charge in [-0.2, -0.15) is 4.98 Å². The summed E-state index contributed by atoms with van der Waals surface area (Å²) in [6.07, 6.45) is 3.52. The van der Waals surface area contributed by atoms with Gasteiger partial charge in [-0.3, -0.25) is 14.1 Å². The highest BCUT2D eigenvalue weighted by molar-refractivity contribution is 7.91. The first-order valence-corrected chi connectivity index (χ1v) is 13.7. The van der Waals surface area contributed by atoms with E-state index in [2.05, 4.69) is 25.3 Å². The molecule has 1 aliphatic rings. The first kappa shape index (κ1) is 25.7. The summed E-state index contributed by atoms with van der Waals surface area (Å²) in [5.41, 5.74) is -0.699. The van der Waals surface area contributed by atoms with E-state index in [4.69, 9.17) is 0 Å². The zero-order chi connectivity index (χ0) is 26.9. The van der Waals surface area contributed by atoms with Gasteiger partial charge in [-0.15, -0.1) is 0 Å². The lowest BCUT2D eigenvalue weighted by Crippen LogP contribution is -2.38. The van der Waals surface area contributed by atoms with Crippen LogP contribution in [0.25, 0.3) is 22.2 Å². The highest BCUT2D eigenvalue weighted by Gasteiger charge is 2.22. The van der Waals surface area contributed by atoms with Crippen molar-refractivity contribution >= 4 is 32.7 Å². The fourth-order valence-corrected chi connectivity index (χ4v) is 5.70. The number of aryl methyl sites for hydroxylation is 1. The van der Waals surface area contributed by atoms with Gasteiger partial charge in [0.15, 0.2) is 11.6 Å². The summed E-state index contributed by atoms with van der Waals surface area (Å²) < 4.78 is 58.5. The average molecular weight is 541 g/mol. The molecule has 2 aromatic carbocycles. The van der Waals surface area contributed by atoms with E-state index in [1.165, 1.54) is 29.9 Å². The molecule has 0 spiro atoms. The van der Waals surface area contributed by atoms with Crippen molar-refractivity contribution in [2.24, 2.45) is 7.05 Å². The maximum Gasteiger partial charge on any atom is 0.259 e. The average Bonchev–Trinajstić information content (AvgIpc) is 2.90. The Morgan fingerprint density at radius 1 is 1.11 bits per heavy atom. The number of piperidine rings is 1. The molecular weight excluding hydrogens is 514 g/mol. The minimum atomic E-state index is -4.01. The van der Waals surface area contributed by atoms with Crippen molar-refractivity contribution in [1.82, 2.24) is 19.9 Å². The lowest BCUT2D eigenvalue weighted by molar-refractivity contribution is 0.478. The van der Waals surface area contributed by atoms with Crippen LogP contribution in [-0.2, 0) is 22.8 Å². The summed E-state index contributed by atoms with van der Waals surface area (Å²) in [5, 5.41) is 7.01. The van der Waals surface area contributed by atoms with Gasteiger partial charge >= 0.3 is 0 Å². The number of nitrogens with zero attached hydrogens (tertiary/aromatic N) is 3. The number of aromatic nitrogens is 3. The molecule has 1 unspecified atom stereocenters. The van der Waals surface area contributed by atoms with E-state index in [-0.39, 0.29) is 17.2 Å². The second kappa shape index (κ2) is 10.5. The molecule has 38 heavy (non-hydrogen) atoms. The molecule has 1 aliphatic heterocycles. The predicted molar refractivity (Wildman–Crippen MR) is 142 cm³/mol. The summed E-state index contributed by atoms with van der Waals surface area (Å²) in [4.78, 5) is 21.9. The molecule has 1 fully saturated rings. The van der Waals surface area contributed by atoms with Crippen LogP contribution in [0.3, 0.4) is 0 Å². The van der Waals surface area contributed by atoms with Gasteiger partial charge in [0.05, 0.1) is 17.0 Å². The van der Waals surface area contributed by atoms with E-state index < -0.39 is 38.7 Å². The van der Waals surface area contributed by atoms with Crippen molar-refractivity contribution < 1.29 is 17.2 Å². The first-order valence-electron chi connectivity index (χ1n) is 12.1. The number of halogens is 2. The van der Waals surface area contributed by atoms with Crippen molar-refractivity contribution in [3.63, 3.8) is 0 Å². The predicted octanol–water partition coefficient (Wildman–Crippen LogP) is 3.38. The number of fused-ring (bicyclic) bond motifs is 1. The van der Waals surface area contributed by atoms with Gasteiger partial charge in [0.1, 0.15) is 5.65 Å².